The van der Waals surface area contributed by atoms with E-state index in [9.17, 15) is 0 Å². The highest BCUT2D eigenvalue weighted by Crippen LogP contribution is 2.14. The summed E-state index contributed by atoms with van der Waals surface area (Å²) in [6.07, 6.45) is 21.3. The second kappa shape index (κ2) is 16.3. The van der Waals surface area contributed by atoms with Gasteiger partial charge in [-0.15, -0.1) is 11.6 Å². The topological polar surface area (TPSA) is 0 Å². The van der Waals surface area contributed by atoms with E-state index in [2.05, 4.69) is 13.8 Å². The third-order valence-electron chi connectivity index (χ3n) is 3.96. The molecule has 0 saturated carbocycles. The first-order chi connectivity index (χ1) is 9.27. The smallest absolute Gasteiger partial charge is 0.0307 e. The van der Waals surface area contributed by atoms with Gasteiger partial charge in [0.05, 0.1) is 0 Å². The lowest BCUT2D eigenvalue weighted by atomic mass is 10.0. The summed E-state index contributed by atoms with van der Waals surface area (Å²) in [4.78, 5) is 0. The molecule has 0 amide bonds. The molecular weight excluding hydrogens is 252 g/mol. The lowest BCUT2D eigenvalue weighted by Crippen LogP contribution is -1.90. The molecule has 0 radical (unpaired) electrons. The van der Waals surface area contributed by atoms with Crippen LogP contribution < -0.4 is 0 Å². The Hall–Kier alpha value is 0.290. The van der Waals surface area contributed by atoms with Crippen molar-refractivity contribution < 1.29 is 0 Å². The molecule has 0 N–H and O–H groups in total. The summed E-state index contributed by atoms with van der Waals surface area (Å²) in [6.45, 7) is 4.39. The van der Waals surface area contributed by atoms with Crippen LogP contribution in [0, 0.1) is 0 Å². The van der Waals surface area contributed by atoms with Gasteiger partial charge in [-0.1, -0.05) is 96.8 Å². The van der Waals surface area contributed by atoms with Gasteiger partial charge >= 0.3 is 0 Å². The molecule has 0 aromatic carbocycles. The second-order valence-corrected chi connectivity index (χ2v) is 6.91. The zero-order valence-corrected chi connectivity index (χ0v) is 14.3. The van der Waals surface area contributed by atoms with Crippen molar-refractivity contribution >= 4 is 11.6 Å². The molecule has 0 heterocycles. The van der Waals surface area contributed by atoms with E-state index >= 15 is 0 Å². The number of unbranched alkanes of at least 4 members (excludes halogenated alkanes) is 13. The maximum absolute atomic E-state index is 5.93. The Morgan fingerprint density at radius 1 is 0.579 bits per heavy atom. The van der Waals surface area contributed by atoms with Crippen LogP contribution in [-0.4, -0.2) is 5.38 Å². The largest absolute Gasteiger partial charge is 0.123 e. The Morgan fingerprint density at radius 2 is 0.895 bits per heavy atom. The van der Waals surface area contributed by atoms with Gasteiger partial charge in [-0.2, -0.15) is 0 Å². The van der Waals surface area contributed by atoms with Gasteiger partial charge in [0.15, 0.2) is 0 Å². The van der Waals surface area contributed by atoms with E-state index in [1.807, 2.05) is 0 Å². The molecule has 1 atom stereocenters. The number of halogens is 1. The fourth-order valence-electron chi connectivity index (χ4n) is 2.62. The van der Waals surface area contributed by atoms with Crippen molar-refractivity contribution in [3.05, 3.63) is 0 Å². The molecule has 0 saturated heterocycles. The molecule has 0 spiro atoms. The molecule has 116 valence electrons. The summed E-state index contributed by atoms with van der Waals surface area (Å²) in [5.74, 6) is 0. The molecule has 0 unspecified atom stereocenters. The third kappa shape index (κ3) is 18.3. The quantitative estimate of drug-likeness (QED) is 0.216. The van der Waals surface area contributed by atoms with Crippen LogP contribution >= 0.6 is 11.6 Å². The minimum atomic E-state index is 0.373. The fraction of sp³-hybridized carbons (Fsp3) is 1.00. The summed E-state index contributed by atoms with van der Waals surface area (Å²) in [5.41, 5.74) is 0. The van der Waals surface area contributed by atoms with E-state index in [4.69, 9.17) is 11.6 Å². The van der Waals surface area contributed by atoms with Crippen LogP contribution in [0.15, 0.2) is 0 Å². The lowest BCUT2D eigenvalue weighted by molar-refractivity contribution is 0.532. The zero-order valence-electron chi connectivity index (χ0n) is 13.6. The Balaban J connectivity index is 2.91. The average Bonchev–Trinajstić information content (AvgIpc) is 2.39. The molecule has 0 aliphatic heterocycles. The predicted molar refractivity (Wildman–Crippen MR) is 90.2 cm³/mol. The van der Waals surface area contributed by atoms with Crippen LogP contribution in [0.4, 0.5) is 0 Å². The van der Waals surface area contributed by atoms with E-state index in [1.54, 1.807) is 0 Å². The van der Waals surface area contributed by atoms with Crippen LogP contribution in [0.5, 0.6) is 0 Å². The van der Waals surface area contributed by atoms with Crippen LogP contribution in [-0.2, 0) is 0 Å². The van der Waals surface area contributed by atoms with Crippen molar-refractivity contribution in [2.75, 3.05) is 0 Å². The minimum absolute atomic E-state index is 0.373. The number of alkyl halides is 1. The molecular formula is C18H37Cl. The number of hydrogen-bond donors (Lipinski definition) is 0. The van der Waals surface area contributed by atoms with E-state index < -0.39 is 0 Å². The highest BCUT2D eigenvalue weighted by molar-refractivity contribution is 6.20. The molecule has 0 aromatic rings. The van der Waals surface area contributed by atoms with Crippen LogP contribution in [0.3, 0.4) is 0 Å². The highest BCUT2D eigenvalue weighted by Gasteiger charge is 1.96. The Bertz CT molecular complexity index is 154. The van der Waals surface area contributed by atoms with Gasteiger partial charge in [0.1, 0.15) is 0 Å². The van der Waals surface area contributed by atoms with E-state index in [0.29, 0.717) is 5.38 Å². The van der Waals surface area contributed by atoms with Gasteiger partial charge < -0.3 is 0 Å². The summed E-state index contributed by atoms with van der Waals surface area (Å²) in [5, 5.41) is 0.373. The van der Waals surface area contributed by atoms with Gasteiger partial charge in [-0.25, -0.2) is 0 Å². The average molecular weight is 289 g/mol. The van der Waals surface area contributed by atoms with Crippen molar-refractivity contribution in [2.24, 2.45) is 0 Å². The number of rotatable bonds is 15. The summed E-state index contributed by atoms with van der Waals surface area (Å²) < 4.78 is 0. The van der Waals surface area contributed by atoms with Gasteiger partial charge in [0.25, 0.3) is 0 Å². The zero-order chi connectivity index (χ0) is 14.2. The van der Waals surface area contributed by atoms with Crippen molar-refractivity contribution in [3.8, 4) is 0 Å². The van der Waals surface area contributed by atoms with Gasteiger partial charge in [-0.05, 0) is 13.3 Å². The van der Waals surface area contributed by atoms with Crippen molar-refractivity contribution in [1.29, 1.82) is 0 Å². The van der Waals surface area contributed by atoms with E-state index in [0.717, 1.165) is 0 Å². The normalized spacial score (nSPS) is 12.8. The molecule has 0 aromatic heterocycles. The monoisotopic (exact) mass is 288 g/mol. The van der Waals surface area contributed by atoms with Gasteiger partial charge in [0.2, 0.25) is 0 Å². The van der Waals surface area contributed by atoms with Crippen LogP contribution in [0.1, 0.15) is 110 Å². The Labute approximate surface area is 127 Å². The molecule has 19 heavy (non-hydrogen) atoms. The summed E-state index contributed by atoms with van der Waals surface area (Å²) in [6, 6.07) is 0. The second-order valence-electron chi connectivity index (χ2n) is 6.17. The maximum Gasteiger partial charge on any atom is 0.0307 e. The minimum Gasteiger partial charge on any atom is -0.123 e. The molecule has 0 bridgehead atoms. The molecule has 0 aliphatic rings. The highest BCUT2D eigenvalue weighted by atomic mass is 35.5. The predicted octanol–water partition coefficient (Wildman–Crippen LogP) is 7.49. The number of hydrogen-bond acceptors (Lipinski definition) is 0. The summed E-state index contributed by atoms with van der Waals surface area (Å²) >= 11 is 5.93. The first-order valence-corrected chi connectivity index (χ1v) is 9.35. The Morgan fingerprint density at radius 3 is 1.21 bits per heavy atom. The van der Waals surface area contributed by atoms with Gasteiger partial charge in [-0.3, -0.25) is 0 Å². The van der Waals surface area contributed by atoms with Crippen molar-refractivity contribution in [2.45, 2.75) is 116 Å². The molecule has 0 fully saturated rings. The molecule has 0 aliphatic carbocycles. The first kappa shape index (κ1) is 19.3. The maximum atomic E-state index is 5.93. The summed E-state index contributed by atoms with van der Waals surface area (Å²) in [7, 11) is 0. The van der Waals surface area contributed by atoms with E-state index in [1.165, 1.54) is 96.3 Å². The molecule has 1 heteroatoms. The third-order valence-corrected chi connectivity index (χ3v) is 4.17. The standard InChI is InChI=1S/C18H37Cl/c1-3-4-5-6-7-8-9-10-11-12-13-14-15-16-17-18(2)19/h18H,3-17H2,1-2H3/t18-/m0/s1. The van der Waals surface area contributed by atoms with E-state index in [-0.39, 0.29) is 0 Å². The van der Waals surface area contributed by atoms with Gasteiger partial charge in [0, 0.05) is 5.38 Å². The van der Waals surface area contributed by atoms with Crippen molar-refractivity contribution in [1.82, 2.24) is 0 Å². The molecule has 0 rings (SSSR count). The Kier molecular flexibility index (Phi) is 16.6. The SMILES string of the molecule is CCCCCCCCCCCCCCCC[C@H](C)Cl. The first-order valence-electron chi connectivity index (χ1n) is 8.91. The fourth-order valence-corrected chi connectivity index (χ4v) is 2.77. The van der Waals surface area contributed by atoms with Crippen LogP contribution in [0.25, 0.3) is 0 Å². The van der Waals surface area contributed by atoms with Crippen molar-refractivity contribution in [3.63, 3.8) is 0 Å². The molecule has 0 nitrogen and oxygen atoms in total. The lowest BCUT2D eigenvalue weighted by Gasteiger charge is -2.04. The van der Waals surface area contributed by atoms with Crippen LogP contribution in [0.2, 0.25) is 0 Å².